The van der Waals surface area contributed by atoms with Gasteiger partial charge in [-0.3, -0.25) is 39.3 Å². The van der Waals surface area contributed by atoms with Crippen LogP contribution < -0.4 is 20.9 Å². The average molecular weight is 1070 g/mol. The van der Waals surface area contributed by atoms with Crippen molar-refractivity contribution in [2.45, 2.75) is 103 Å². The summed E-state index contributed by atoms with van der Waals surface area (Å²) < 4.78 is 20.7. The van der Waals surface area contributed by atoms with Crippen LogP contribution in [0.3, 0.4) is 0 Å². The lowest BCUT2D eigenvalue weighted by atomic mass is 9.49. The summed E-state index contributed by atoms with van der Waals surface area (Å²) in [5.41, 5.74) is 9.37. The molecule has 3 aromatic carbocycles. The molecular weight excluding hydrogens is 1010 g/mol. The molecule has 4 saturated carbocycles. The molecule has 4 aliphatic carbocycles. The van der Waals surface area contributed by atoms with E-state index in [0.29, 0.717) is 98.7 Å². The van der Waals surface area contributed by atoms with Crippen LogP contribution in [-0.2, 0) is 56.3 Å². The number of carbonyl (C=O) groups excluding carboxylic acids is 5. The molecule has 3 aromatic heterocycles. The molecule has 5 fully saturated rings. The Hall–Kier alpha value is -6.86. The minimum Gasteiger partial charge on any atom is -0.379 e. The molecule has 1 saturated heterocycles. The van der Waals surface area contributed by atoms with E-state index < -0.39 is 11.9 Å². The number of aryl methyl sites for hydroxylation is 1. The first-order valence-corrected chi connectivity index (χ1v) is 28.7. The maximum Gasteiger partial charge on any atom is 0.270 e. The van der Waals surface area contributed by atoms with Gasteiger partial charge >= 0.3 is 0 Å². The summed E-state index contributed by atoms with van der Waals surface area (Å²) in [5.74, 6) is 1.78. The second-order valence-corrected chi connectivity index (χ2v) is 23.4. The smallest absolute Gasteiger partial charge is 0.270 e. The van der Waals surface area contributed by atoms with E-state index in [0.717, 1.165) is 86.4 Å². The Bertz CT molecular complexity index is 3210. The molecule has 1 atom stereocenters. The largest absolute Gasteiger partial charge is 0.379 e. The van der Waals surface area contributed by atoms with E-state index in [1.54, 1.807) is 11.0 Å². The zero-order chi connectivity index (χ0) is 53.3. The van der Waals surface area contributed by atoms with Gasteiger partial charge in [-0.2, -0.15) is 5.10 Å². The van der Waals surface area contributed by atoms with Crippen molar-refractivity contribution >= 4 is 62.0 Å². The second kappa shape index (κ2) is 22.5. The van der Waals surface area contributed by atoms with Crippen LogP contribution in [0.25, 0.3) is 21.3 Å². The number of fused-ring (bicyclic) bond motifs is 3. The fraction of sp³-hybridized carbons (Fsp3) is 0.467. The fourth-order valence-electron chi connectivity index (χ4n) is 13.9. The van der Waals surface area contributed by atoms with E-state index in [2.05, 4.69) is 43.5 Å². The number of hydrogen-bond donors (Lipinski definition) is 3. The highest BCUT2D eigenvalue weighted by molar-refractivity contribution is 7.22. The van der Waals surface area contributed by atoms with Gasteiger partial charge in [-0.05, 0) is 153 Å². The minimum atomic E-state index is -0.638. The van der Waals surface area contributed by atoms with E-state index in [1.807, 2.05) is 66.9 Å². The summed E-state index contributed by atoms with van der Waals surface area (Å²) in [4.78, 5) is 79.1. The Labute approximate surface area is 457 Å². The first kappa shape index (κ1) is 51.9. The van der Waals surface area contributed by atoms with Gasteiger partial charge in [0.15, 0.2) is 5.13 Å². The number of hydrogen-bond acceptors (Lipinski definition) is 13. The van der Waals surface area contributed by atoms with Crippen molar-refractivity contribution in [3.63, 3.8) is 0 Å². The summed E-state index contributed by atoms with van der Waals surface area (Å²) in [6.07, 6.45) is 12.7. The normalized spacial score (nSPS) is 22.2. The van der Waals surface area contributed by atoms with Gasteiger partial charge in [0.1, 0.15) is 17.6 Å². The summed E-state index contributed by atoms with van der Waals surface area (Å²) in [6, 6.07) is 22.8. The molecule has 6 heterocycles. The van der Waals surface area contributed by atoms with Crippen molar-refractivity contribution in [1.82, 2.24) is 35.3 Å². The molecule has 3 N–H and O–H groups in total. The van der Waals surface area contributed by atoms with Crippen molar-refractivity contribution in [3.8, 4) is 11.1 Å². The number of nitrogens with one attached hydrogen (secondary N) is 3. The number of imide groups is 1. The minimum absolute atomic E-state index is 0.171. The van der Waals surface area contributed by atoms with Gasteiger partial charge < -0.3 is 29.3 Å². The van der Waals surface area contributed by atoms with Crippen LogP contribution in [-0.4, -0.2) is 113 Å². The van der Waals surface area contributed by atoms with Crippen LogP contribution in [0.5, 0.6) is 0 Å². The van der Waals surface area contributed by atoms with E-state index >= 15 is 0 Å². The first-order chi connectivity index (χ1) is 38.0. The third kappa shape index (κ3) is 10.8. The lowest BCUT2D eigenvalue weighted by molar-refractivity contribution is -0.136. The van der Waals surface area contributed by atoms with Crippen molar-refractivity contribution in [1.29, 1.82) is 0 Å². The highest BCUT2D eigenvalue weighted by Crippen LogP contribution is 2.60. The van der Waals surface area contributed by atoms with Gasteiger partial charge in [0.2, 0.25) is 11.8 Å². The standard InChI is InChI=1S/C60H67N9O8S/c1-37-46(33-62-69(37)36-60-30-38-27-39(31-60)29-40(28-38)32-60)43-14-16-52(67-20-18-42-8-4-10-44(47(42)34-67)55(71)66-59-63-49-12-2-3-13-51(49)78-59)64-54(43)57(73)61-19-22-76-24-26-77-25-23-75-21-6-9-41-7-5-11-45-48(41)35-68(58(45)74)50-15-17-53(70)65-56(50)72/h2-5,7-8,10-14,16,33,38-40,50H,6,9,15,17-32,34-36H2,1H3,(H,61,73)(H,63,66,71)(H,65,70,72). The predicted molar refractivity (Wildman–Crippen MR) is 295 cm³/mol. The van der Waals surface area contributed by atoms with Crippen molar-refractivity contribution in [3.05, 3.63) is 124 Å². The zero-order valence-corrected chi connectivity index (χ0v) is 45.0. The SMILES string of the molecule is Cc1c(-c2ccc(N3CCc4cccc(C(=O)Nc5nc6ccccc6s5)c4C3)nc2C(=O)NCCOCCOCCOCCCc2cccc3c2CN(C2CCC(=O)NC2=O)C3=O)cnn1CC12CC3CC(CC(C3)C1)C2. The van der Waals surface area contributed by atoms with E-state index in [1.165, 1.54) is 49.9 Å². The number of carbonyl (C=O) groups is 5. The summed E-state index contributed by atoms with van der Waals surface area (Å²) in [6.45, 7) is 7.13. The van der Waals surface area contributed by atoms with Crippen molar-refractivity contribution < 1.29 is 38.2 Å². The number of para-hydroxylation sites is 1. The zero-order valence-electron chi connectivity index (χ0n) is 44.2. The van der Waals surface area contributed by atoms with Gasteiger partial charge in [0, 0.05) is 73.7 Å². The van der Waals surface area contributed by atoms with Crippen LogP contribution in [0.1, 0.15) is 117 Å². The number of ether oxygens (including phenoxy) is 3. The molecule has 18 heteroatoms. The number of piperidine rings is 1. The Morgan fingerprint density at radius 1 is 0.769 bits per heavy atom. The number of rotatable bonds is 21. The molecule has 17 nitrogen and oxygen atoms in total. The van der Waals surface area contributed by atoms with E-state index in [9.17, 15) is 24.0 Å². The molecule has 13 rings (SSSR count). The molecule has 78 heavy (non-hydrogen) atoms. The van der Waals surface area contributed by atoms with Gasteiger partial charge in [-0.15, -0.1) is 0 Å². The molecular formula is C60H67N9O8S. The number of pyridine rings is 1. The third-order valence-electron chi connectivity index (χ3n) is 17.2. The molecule has 5 amide bonds. The lowest BCUT2D eigenvalue weighted by Gasteiger charge is -2.56. The average Bonchev–Trinajstić information content (AvgIpc) is 4.22. The van der Waals surface area contributed by atoms with E-state index in [-0.39, 0.29) is 43.2 Å². The Morgan fingerprint density at radius 3 is 2.31 bits per heavy atom. The number of anilines is 2. The van der Waals surface area contributed by atoms with Gasteiger partial charge in [0.25, 0.3) is 17.7 Å². The third-order valence-corrected chi connectivity index (χ3v) is 18.1. The Kier molecular flexibility index (Phi) is 14.9. The van der Waals surface area contributed by atoms with Crippen molar-refractivity contribution in [2.75, 3.05) is 62.9 Å². The van der Waals surface area contributed by atoms with Crippen LogP contribution in [0.15, 0.2) is 79.0 Å². The lowest BCUT2D eigenvalue weighted by Crippen LogP contribution is -2.52. The van der Waals surface area contributed by atoms with Gasteiger partial charge in [0.05, 0.1) is 49.4 Å². The molecule has 0 radical (unpaired) electrons. The number of benzene rings is 3. The molecule has 4 bridgehead atoms. The fourth-order valence-corrected chi connectivity index (χ4v) is 14.7. The van der Waals surface area contributed by atoms with E-state index in [4.69, 9.17) is 24.3 Å². The first-order valence-electron chi connectivity index (χ1n) is 27.9. The molecule has 3 aliphatic heterocycles. The highest BCUT2D eigenvalue weighted by Gasteiger charge is 2.51. The molecule has 6 aromatic rings. The molecule has 7 aliphatic rings. The van der Waals surface area contributed by atoms with Gasteiger partial charge in [-0.1, -0.05) is 47.7 Å². The van der Waals surface area contributed by atoms with Crippen LogP contribution >= 0.6 is 11.3 Å². The summed E-state index contributed by atoms with van der Waals surface area (Å²) in [5, 5.41) is 14.0. The number of thiazole rings is 1. The molecule has 1 unspecified atom stereocenters. The maximum absolute atomic E-state index is 14.4. The molecule has 0 spiro atoms. The van der Waals surface area contributed by atoms with Gasteiger partial charge in [-0.25, -0.2) is 9.97 Å². The number of nitrogens with zero attached hydrogens (tertiary/aromatic N) is 6. The predicted octanol–water partition coefficient (Wildman–Crippen LogP) is 8.07. The van der Waals surface area contributed by atoms with Crippen LogP contribution in [0.2, 0.25) is 0 Å². The quantitative estimate of drug-likeness (QED) is 0.0464. The topological polar surface area (TPSA) is 199 Å². The monoisotopic (exact) mass is 1070 g/mol. The summed E-state index contributed by atoms with van der Waals surface area (Å²) >= 11 is 1.45. The van der Waals surface area contributed by atoms with Crippen LogP contribution in [0, 0.1) is 30.1 Å². The number of amides is 5. The van der Waals surface area contributed by atoms with Crippen LogP contribution in [0.4, 0.5) is 10.9 Å². The maximum atomic E-state index is 14.4. The highest BCUT2D eigenvalue weighted by atomic mass is 32.1. The second-order valence-electron chi connectivity index (χ2n) is 22.4. The van der Waals surface area contributed by atoms with Crippen molar-refractivity contribution in [2.24, 2.45) is 23.2 Å². The molecule has 406 valence electrons. The Morgan fingerprint density at radius 2 is 1.53 bits per heavy atom. The Balaban J connectivity index is 0.641. The summed E-state index contributed by atoms with van der Waals surface area (Å²) in [7, 11) is 0. The number of aromatic nitrogens is 4.